The van der Waals surface area contributed by atoms with E-state index in [4.69, 9.17) is 9.47 Å². The first kappa shape index (κ1) is 20.4. The number of hydrogen-bond donors (Lipinski definition) is 1. The van der Waals surface area contributed by atoms with Crippen molar-refractivity contribution in [3.8, 4) is 0 Å². The maximum absolute atomic E-state index is 12.9. The van der Waals surface area contributed by atoms with E-state index in [2.05, 4.69) is 5.32 Å². The van der Waals surface area contributed by atoms with Crippen molar-refractivity contribution in [1.82, 2.24) is 9.80 Å². The molecule has 30 heavy (non-hydrogen) atoms. The van der Waals surface area contributed by atoms with Crippen molar-refractivity contribution in [2.24, 2.45) is 0 Å². The lowest BCUT2D eigenvalue weighted by Crippen LogP contribution is -2.40. The second kappa shape index (κ2) is 9.28. The minimum atomic E-state index is -0.278. The number of rotatable bonds is 7. The Morgan fingerprint density at radius 1 is 1.17 bits per heavy atom. The zero-order valence-electron chi connectivity index (χ0n) is 17.2. The van der Waals surface area contributed by atoms with Gasteiger partial charge in [0.2, 0.25) is 0 Å². The van der Waals surface area contributed by atoms with Crippen molar-refractivity contribution in [3.05, 3.63) is 65.2 Å². The number of hydrogen-bond acceptors (Lipinski definition) is 5. The smallest absolute Gasteiger partial charge is 0.256 e. The van der Waals surface area contributed by atoms with Crippen LogP contribution in [0.15, 0.2) is 48.5 Å². The summed E-state index contributed by atoms with van der Waals surface area (Å²) in [5, 5.41) is 3.47. The van der Waals surface area contributed by atoms with Crippen molar-refractivity contribution in [2.45, 2.75) is 12.6 Å². The van der Waals surface area contributed by atoms with E-state index >= 15 is 0 Å². The highest BCUT2D eigenvalue weighted by molar-refractivity contribution is 5.99. The lowest BCUT2D eigenvalue weighted by Gasteiger charge is -2.28. The predicted octanol–water partition coefficient (Wildman–Crippen LogP) is 2.76. The summed E-state index contributed by atoms with van der Waals surface area (Å²) in [5.41, 5.74) is 3.10. The minimum Gasteiger partial charge on any atom is -0.385 e. The van der Waals surface area contributed by atoms with Crippen LogP contribution < -0.4 is 5.32 Å². The summed E-state index contributed by atoms with van der Waals surface area (Å²) in [5.74, 6) is 0.0153. The van der Waals surface area contributed by atoms with Gasteiger partial charge in [-0.05, 0) is 30.7 Å². The summed E-state index contributed by atoms with van der Waals surface area (Å²) < 4.78 is 10.5. The summed E-state index contributed by atoms with van der Waals surface area (Å²) in [6.07, 6.45) is 0.476. The molecular formula is C23H27N3O4. The summed E-state index contributed by atoms with van der Waals surface area (Å²) in [7, 11) is 1.66. The summed E-state index contributed by atoms with van der Waals surface area (Å²) >= 11 is 0. The standard InChI is InChI=1S/C23H27N3O4/c1-29-13-5-10-26-21(19-8-2-3-9-20(19)23(26)28)24-18-7-4-6-17(16-18)22(27)25-11-14-30-15-12-25/h2-4,6-9,16,21,24H,5,10-15H2,1H3. The first-order valence-electron chi connectivity index (χ1n) is 10.3. The summed E-state index contributed by atoms with van der Waals surface area (Å²) in [6, 6.07) is 15.1. The van der Waals surface area contributed by atoms with Crippen LogP contribution in [0.25, 0.3) is 0 Å². The van der Waals surface area contributed by atoms with Crippen LogP contribution in [0.4, 0.5) is 5.69 Å². The molecule has 2 aliphatic heterocycles. The molecule has 4 rings (SSSR count). The van der Waals surface area contributed by atoms with Crippen LogP contribution in [0.2, 0.25) is 0 Å². The zero-order chi connectivity index (χ0) is 20.9. The number of benzene rings is 2. The van der Waals surface area contributed by atoms with E-state index in [9.17, 15) is 9.59 Å². The van der Waals surface area contributed by atoms with Gasteiger partial charge >= 0.3 is 0 Å². The number of fused-ring (bicyclic) bond motifs is 1. The fourth-order valence-electron chi connectivity index (χ4n) is 3.98. The van der Waals surface area contributed by atoms with Gasteiger partial charge in [0.25, 0.3) is 11.8 Å². The fraction of sp³-hybridized carbons (Fsp3) is 0.391. The number of nitrogens with zero attached hydrogens (tertiary/aromatic N) is 2. The molecule has 0 spiro atoms. The maximum atomic E-state index is 12.9. The number of ether oxygens (including phenoxy) is 2. The Hall–Kier alpha value is -2.90. The van der Waals surface area contributed by atoms with Crippen molar-refractivity contribution in [3.63, 3.8) is 0 Å². The van der Waals surface area contributed by atoms with Crippen molar-refractivity contribution >= 4 is 17.5 Å². The Labute approximate surface area is 176 Å². The molecule has 0 bridgehead atoms. The van der Waals surface area contributed by atoms with Gasteiger partial charge in [0.05, 0.1) is 13.2 Å². The lowest BCUT2D eigenvalue weighted by atomic mass is 10.1. The molecule has 1 unspecified atom stereocenters. The number of morpholine rings is 1. The van der Waals surface area contributed by atoms with Gasteiger partial charge in [-0.3, -0.25) is 9.59 Å². The van der Waals surface area contributed by atoms with Crippen molar-refractivity contribution in [2.75, 3.05) is 51.9 Å². The monoisotopic (exact) mass is 409 g/mol. The van der Waals surface area contributed by atoms with Crippen LogP contribution in [0, 0.1) is 0 Å². The number of anilines is 1. The SMILES string of the molecule is COCCCN1C(=O)c2ccccc2C1Nc1cccc(C(=O)N2CCOCC2)c1. The van der Waals surface area contributed by atoms with Crippen LogP contribution >= 0.6 is 0 Å². The molecule has 0 saturated carbocycles. The lowest BCUT2D eigenvalue weighted by molar-refractivity contribution is 0.0303. The quantitative estimate of drug-likeness (QED) is 0.712. The summed E-state index contributed by atoms with van der Waals surface area (Å²) in [6.45, 7) is 3.53. The highest BCUT2D eigenvalue weighted by atomic mass is 16.5. The van der Waals surface area contributed by atoms with Crippen molar-refractivity contribution in [1.29, 1.82) is 0 Å². The largest absolute Gasteiger partial charge is 0.385 e. The minimum absolute atomic E-state index is 0.00167. The first-order chi connectivity index (χ1) is 14.7. The number of methoxy groups -OCH3 is 1. The first-order valence-corrected chi connectivity index (χ1v) is 10.3. The molecule has 0 aromatic heterocycles. The molecule has 1 N–H and O–H groups in total. The summed E-state index contributed by atoms with van der Waals surface area (Å²) in [4.78, 5) is 29.4. The molecule has 0 radical (unpaired) electrons. The third kappa shape index (κ3) is 4.17. The van der Waals surface area contributed by atoms with E-state index in [-0.39, 0.29) is 18.0 Å². The van der Waals surface area contributed by atoms with Gasteiger partial charge in [-0.15, -0.1) is 0 Å². The topological polar surface area (TPSA) is 71.1 Å². The molecular weight excluding hydrogens is 382 g/mol. The van der Waals surface area contributed by atoms with Gasteiger partial charge in [-0.2, -0.15) is 0 Å². The van der Waals surface area contributed by atoms with Crippen LogP contribution in [0.1, 0.15) is 38.9 Å². The average Bonchev–Trinajstić information content (AvgIpc) is 3.06. The molecule has 7 nitrogen and oxygen atoms in total. The molecule has 1 fully saturated rings. The van der Waals surface area contributed by atoms with Crippen LogP contribution in [-0.4, -0.2) is 68.2 Å². The molecule has 1 atom stereocenters. The van der Waals surface area contributed by atoms with E-state index in [1.807, 2.05) is 58.3 Å². The van der Waals surface area contributed by atoms with Gasteiger partial charge in [0.1, 0.15) is 6.17 Å². The molecule has 1 saturated heterocycles. The number of carbonyl (C=O) groups is 2. The zero-order valence-corrected chi connectivity index (χ0v) is 17.2. The molecule has 2 aliphatic rings. The Morgan fingerprint density at radius 3 is 2.77 bits per heavy atom. The molecule has 0 aliphatic carbocycles. The third-order valence-corrected chi connectivity index (χ3v) is 5.52. The highest BCUT2D eigenvalue weighted by Crippen LogP contribution is 2.34. The Bertz CT molecular complexity index is 911. The highest BCUT2D eigenvalue weighted by Gasteiger charge is 2.36. The second-order valence-corrected chi connectivity index (χ2v) is 7.46. The maximum Gasteiger partial charge on any atom is 0.256 e. The van der Waals surface area contributed by atoms with Gasteiger partial charge in [-0.1, -0.05) is 24.3 Å². The van der Waals surface area contributed by atoms with Gasteiger partial charge in [-0.25, -0.2) is 0 Å². The van der Waals surface area contributed by atoms with Crippen LogP contribution in [0.3, 0.4) is 0 Å². The second-order valence-electron chi connectivity index (χ2n) is 7.46. The number of nitrogens with one attached hydrogen (secondary N) is 1. The average molecular weight is 409 g/mol. The van der Waals surface area contributed by atoms with E-state index in [1.165, 1.54) is 0 Å². The fourth-order valence-corrected chi connectivity index (χ4v) is 3.98. The van der Waals surface area contributed by atoms with Gasteiger partial charge in [0, 0.05) is 55.7 Å². The van der Waals surface area contributed by atoms with Gasteiger partial charge in [0.15, 0.2) is 0 Å². The molecule has 2 aromatic carbocycles. The van der Waals surface area contributed by atoms with E-state index in [0.717, 1.165) is 17.7 Å². The van der Waals surface area contributed by atoms with E-state index in [1.54, 1.807) is 7.11 Å². The predicted molar refractivity (Wildman–Crippen MR) is 113 cm³/mol. The Kier molecular flexibility index (Phi) is 6.30. The molecule has 2 aromatic rings. The molecule has 2 amide bonds. The van der Waals surface area contributed by atoms with E-state index < -0.39 is 0 Å². The van der Waals surface area contributed by atoms with Gasteiger partial charge < -0.3 is 24.6 Å². The molecule has 158 valence electrons. The normalized spacial score (nSPS) is 18.4. The molecule has 7 heteroatoms. The Balaban J connectivity index is 1.55. The van der Waals surface area contributed by atoms with Crippen LogP contribution in [0.5, 0.6) is 0 Å². The Morgan fingerprint density at radius 2 is 1.97 bits per heavy atom. The number of amides is 2. The molecule has 2 heterocycles. The number of carbonyl (C=O) groups excluding carboxylic acids is 2. The van der Waals surface area contributed by atoms with Crippen molar-refractivity contribution < 1.29 is 19.1 Å². The van der Waals surface area contributed by atoms with E-state index in [0.29, 0.717) is 50.6 Å². The van der Waals surface area contributed by atoms with Crippen LogP contribution in [-0.2, 0) is 9.47 Å². The third-order valence-electron chi connectivity index (χ3n) is 5.52.